The van der Waals surface area contributed by atoms with Crippen LogP contribution in [-0.2, 0) is 4.74 Å². The maximum absolute atomic E-state index is 5.55. The fourth-order valence-corrected chi connectivity index (χ4v) is 3.72. The van der Waals surface area contributed by atoms with E-state index in [2.05, 4.69) is 27.7 Å². The van der Waals surface area contributed by atoms with Crippen molar-refractivity contribution < 1.29 is 4.74 Å². The summed E-state index contributed by atoms with van der Waals surface area (Å²) in [5.41, 5.74) is 0.583. The SMILES string of the molecule is CCOC(C)[SiH](CC)CC. The standard InChI is InChI=1S/C8H20OSi/c1-5-9-8(4)10(6-2)7-3/h8,10H,5-7H2,1-4H3. The van der Waals surface area contributed by atoms with E-state index >= 15 is 0 Å². The molecule has 0 rings (SSSR count). The van der Waals surface area contributed by atoms with E-state index in [1.807, 2.05) is 0 Å². The quantitative estimate of drug-likeness (QED) is 0.560. The Morgan fingerprint density at radius 1 is 1.20 bits per heavy atom. The Hall–Kier alpha value is 0.177. The fraction of sp³-hybridized carbons (Fsp3) is 1.00. The van der Waals surface area contributed by atoms with Gasteiger partial charge >= 0.3 is 0 Å². The molecule has 0 aromatic carbocycles. The van der Waals surface area contributed by atoms with E-state index < -0.39 is 8.80 Å². The molecule has 1 unspecified atom stereocenters. The number of ether oxygens (including phenoxy) is 1. The Bertz CT molecular complexity index is 71.7. The number of hydrogen-bond acceptors (Lipinski definition) is 1. The Balaban J connectivity index is 3.53. The van der Waals surface area contributed by atoms with Crippen LogP contribution in [0.4, 0.5) is 0 Å². The van der Waals surface area contributed by atoms with Crippen LogP contribution in [0, 0.1) is 0 Å². The summed E-state index contributed by atoms with van der Waals surface area (Å²) in [6.45, 7) is 9.76. The van der Waals surface area contributed by atoms with Gasteiger partial charge in [-0.1, -0.05) is 25.9 Å². The lowest BCUT2D eigenvalue weighted by Crippen LogP contribution is -2.29. The molecule has 0 aliphatic heterocycles. The van der Waals surface area contributed by atoms with E-state index in [1.54, 1.807) is 0 Å². The lowest BCUT2D eigenvalue weighted by Gasteiger charge is -2.19. The molecule has 0 fully saturated rings. The van der Waals surface area contributed by atoms with Gasteiger partial charge in [0.05, 0.1) is 8.80 Å². The zero-order chi connectivity index (χ0) is 7.98. The van der Waals surface area contributed by atoms with Crippen LogP contribution < -0.4 is 0 Å². The lowest BCUT2D eigenvalue weighted by molar-refractivity contribution is 0.126. The second-order valence-electron chi connectivity index (χ2n) is 2.74. The van der Waals surface area contributed by atoms with Gasteiger partial charge < -0.3 is 4.74 Å². The van der Waals surface area contributed by atoms with Crippen molar-refractivity contribution in [3.05, 3.63) is 0 Å². The van der Waals surface area contributed by atoms with Crippen molar-refractivity contribution in [2.75, 3.05) is 6.61 Å². The topological polar surface area (TPSA) is 9.23 Å². The number of hydrogen-bond donors (Lipinski definition) is 0. The van der Waals surface area contributed by atoms with Gasteiger partial charge in [-0.05, 0) is 13.8 Å². The van der Waals surface area contributed by atoms with E-state index in [1.165, 1.54) is 12.1 Å². The van der Waals surface area contributed by atoms with Crippen LogP contribution in [0.1, 0.15) is 27.7 Å². The highest BCUT2D eigenvalue weighted by atomic mass is 28.3. The summed E-state index contributed by atoms with van der Waals surface area (Å²) in [6.07, 6.45) is 0. The first-order chi connectivity index (χ1) is 4.76. The van der Waals surface area contributed by atoms with Crippen LogP contribution in [0.15, 0.2) is 0 Å². The average Bonchev–Trinajstić information content (AvgIpc) is 1.91. The summed E-state index contributed by atoms with van der Waals surface area (Å²) >= 11 is 0. The first-order valence-electron chi connectivity index (χ1n) is 4.37. The Labute approximate surface area is 66.4 Å². The molecule has 0 aliphatic rings. The molecule has 0 spiro atoms. The third-order valence-corrected chi connectivity index (χ3v) is 5.76. The van der Waals surface area contributed by atoms with Crippen LogP contribution in [0.5, 0.6) is 0 Å². The lowest BCUT2D eigenvalue weighted by atomic mass is 10.8. The predicted molar refractivity (Wildman–Crippen MR) is 49.2 cm³/mol. The second kappa shape index (κ2) is 5.92. The molecule has 0 N–H and O–H groups in total. The van der Waals surface area contributed by atoms with E-state index in [0.29, 0.717) is 5.73 Å². The van der Waals surface area contributed by atoms with Crippen molar-refractivity contribution in [2.24, 2.45) is 0 Å². The van der Waals surface area contributed by atoms with Gasteiger partial charge in [-0.15, -0.1) is 0 Å². The third kappa shape index (κ3) is 3.37. The van der Waals surface area contributed by atoms with Crippen molar-refractivity contribution in [2.45, 2.75) is 45.5 Å². The molecular weight excluding hydrogens is 140 g/mol. The largest absolute Gasteiger partial charge is 0.383 e. The summed E-state index contributed by atoms with van der Waals surface area (Å²) in [5, 5.41) is 0. The summed E-state index contributed by atoms with van der Waals surface area (Å²) in [5.74, 6) is 0. The van der Waals surface area contributed by atoms with E-state index in [4.69, 9.17) is 4.74 Å². The Morgan fingerprint density at radius 3 is 2.00 bits per heavy atom. The van der Waals surface area contributed by atoms with E-state index in [0.717, 1.165) is 6.61 Å². The van der Waals surface area contributed by atoms with Crippen LogP contribution in [0.2, 0.25) is 12.1 Å². The van der Waals surface area contributed by atoms with E-state index in [-0.39, 0.29) is 0 Å². The molecule has 0 bridgehead atoms. The average molecular weight is 160 g/mol. The molecule has 10 heavy (non-hydrogen) atoms. The van der Waals surface area contributed by atoms with Crippen LogP contribution in [0.25, 0.3) is 0 Å². The molecule has 2 heteroatoms. The molecule has 0 amide bonds. The van der Waals surface area contributed by atoms with Crippen molar-refractivity contribution in [3.63, 3.8) is 0 Å². The van der Waals surface area contributed by atoms with Gasteiger partial charge in [0.2, 0.25) is 0 Å². The van der Waals surface area contributed by atoms with Crippen LogP contribution >= 0.6 is 0 Å². The highest BCUT2D eigenvalue weighted by Gasteiger charge is 2.14. The molecule has 1 nitrogen and oxygen atoms in total. The Morgan fingerprint density at radius 2 is 1.70 bits per heavy atom. The van der Waals surface area contributed by atoms with Crippen LogP contribution in [-0.4, -0.2) is 21.1 Å². The zero-order valence-electron chi connectivity index (χ0n) is 7.68. The predicted octanol–water partition coefficient (Wildman–Crippen LogP) is 2.22. The highest BCUT2D eigenvalue weighted by Crippen LogP contribution is 2.06. The second-order valence-corrected chi connectivity index (χ2v) is 6.83. The van der Waals surface area contributed by atoms with Gasteiger partial charge in [0.15, 0.2) is 0 Å². The highest BCUT2D eigenvalue weighted by molar-refractivity contribution is 6.59. The first kappa shape index (κ1) is 10.2. The molecule has 1 atom stereocenters. The van der Waals surface area contributed by atoms with Gasteiger partial charge in [0.1, 0.15) is 0 Å². The zero-order valence-corrected chi connectivity index (χ0v) is 8.84. The maximum atomic E-state index is 5.55. The molecule has 0 aromatic rings. The number of rotatable bonds is 5. The minimum Gasteiger partial charge on any atom is -0.383 e. The fourth-order valence-electron chi connectivity index (χ4n) is 1.35. The van der Waals surface area contributed by atoms with Crippen molar-refractivity contribution in [1.29, 1.82) is 0 Å². The van der Waals surface area contributed by atoms with Gasteiger partial charge in [-0.3, -0.25) is 0 Å². The molecule has 0 aromatic heterocycles. The normalized spacial score (nSPS) is 14.1. The van der Waals surface area contributed by atoms with Crippen LogP contribution in [0.3, 0.4) is 0 Å². The van der Waals surface area contributed by atoms with Gasteiger partial charge in [-0.2, -0.15) is 0 Å². The monoisotopic (exact) mass is 160 g/mol. The third-order valence-electron chi connectivity index (χ3n) is 2.14. The first-order valence-corrected chi connectivity index (χ1v) is 6.67. The maximum Gasteiger partial charge on any atom is 0.0708 e. The molecular formula is C8H20OSi. The van der Waals surface area contributed by atoms with Crippen molar-refractivity contribution >= 4 is 8.80 Å². The molecule has 0 saturated carbocycles. The molecule has 0 saturated heterocycles. The molecule has 62 valence electrons. The summed E-state index contributed by atoms with van der Waals surface area (Å²) in [7, 11) is -0.526. The van der Waals surface area contributed by atoms with Gasteiger partial charge in [0.25, 0.3) is 0 Å². The molecule has 0 radical (unpaired) electrons. The van der Waals surface area contributed by atoms with Crippen molar-refractivity contribution in [1.82, 2.24) is 0 Å². The minimum atomic E-state index is -0.526. The van der Waals surface area contributed by atoms with Gasteiger partial charge in [-0.25, -0.2) is 0 Å². The van der Waals surface area contributed by atoms with Gasteiger partial charge in [0, 0.05) is 12.3 Å². The van der Waals surface area contributed by atoms with E-state index in [9.17, 15) is 0 Å². The summed E-state index contributed by atoms with van der Waals surface area (Å²) < 4.78 is 5.55. The summed E-state index contributed by atoms with van der Waals surface area (Å²) in [6, 6.07) is 2.75. The minimum absolute atomic E-state index is 0.526. The Kier molecular flexibility index (Phi) is 6.03. The molecule has 0 heterocycles. The summed E-state index contributed by atoms with van der Waals surface area (Å²) in [4.78, 5) is 0. The molecule has 0 aliphatic carbocycles. The smallest absolute Gasteiger partial charge is 0.0708 e. The van der Waals surface area contributed by atoms with Crippen molar-refractivity contribution in [3.8, 4) is 0 Å².